The molecule has 2 heterocycles. The minimum atomic E-state index is -0.869. The van der Waals surface area contributed by atoms with Gasteiger partial charge in [-0.3, -0.25) is 0 Å². The van der Waals surface area contributed by atoms with Crippen molar-refractivity contribution in [3.05, 3.63) is 167 Å². The van der Waals surface area contributed by atoms with Gasteiger partial charge >= 0.3 is 0 Å². The lowest BCUT2D eigenvalue weighted by Gasteiger charge is -2.54. The third-order valence-electron chi connectivity index (χ3n) is 11.8. The van der Waals surface area contributed by atoms with Crippen LogP contribution < -0.4 is 41.3 Å². The molecular formula is C48H46O2P2. The highest BCUT2D eigenvalue weighted by Gasteiger charge is 2.57. The van der Waals surface area contributed by atoms with Gasteiger partial charge in [0.1, 0.15) is 11.5 Å². The molecule has 1 fully saturated rings. The minimum absolute atomic E-state index is 0.293. The lowest BCUT2D eigenvalue weighted by atomic mass is 9.68. The molecule has 1 saturated carbocycles. The van der Waals surface area contributed by atoms with Crippen LogP contribution in [0.3, 0.4) is 0 Å². The van der Waals surface area contributed by atoms with Crippen molar-refractivity contribution < 1.29 is 9.47 Å². The highest BCUT2D eigenvalue weighted by Crippen LogP contribution is 2.55. The summed E-state index contributed by atoms with van der Waals surface area (Å²) in [5, 5.41) is 8.17. The summed E-state index contributed by atoms with van der Waals surface area (Å²) < 4.78 is 15.4. The third-order valence-corrected chi connectivity index (χ3v) is 17.4. The largest absolute Gasteiger partial charge is 0.451 e. The number of para-hydroxylation sites is 2. The molecular weight excluding hydrogens is 670 g/mol. The van der Waals surface area contributed by atoms with Gasteiger partial charge in [-0.1, -0.05) is 140 Å². The second-order valence-electron chi connectivity index (χ2n) is 15.0. The zero-order valence-corrected chi connectivity index (χ0v) is 32.4. The monoisotopic (exact) mass is 716 g/mol. The van der Waals surface area contributed by atoms with E-state index in [1.54, 1.807) is 0 Å². The number of aryl methyl sites for hydroxylation is 4. The van der Waals surface area contributed by atoms with Gasteiger partial charge in [-0.05, 0) is 124 Å². The van der Waals surface area contributed by atoms with Gasteiger partial charge in [0.2, 0.25) is 0 Å². The van der Waals surface area contributed by atoms with Crippen LogP contribution in [-0.2, 0) is 12.8 Å². The first-order chi connectivity index (χ1) is 25.4. The second-order valence-corrected chi connectivity index (χ2v) is 19.2. The van der Waals surface area contributed by atoms with Gasteiger partial charge < -0.3 is 9.47 Å². The number of ether oxygens (including phenoxy) is 2. The zero-order chi connectivity index (χ0) is 35.4. The zero-order valence-electron chi connectivity index (χ0n) is 30.6. The highest BCUT2D eigenvalue weighted by molar-refractivity contribution is 7.80. The molecule has 3 aliphatic rings. The molecule has 9 rings (SSSR count). The summed E-state index contributed by atoms with van der Waals surface area (Å²) in [6.45, 7) is 9.04. The van der Waals surface area contributed by atoms with Crippen LogP contribution in [0.25, 0.3) is 0 Å². The van der Waals surface area contributed by atoms with Gasteiger partial charge in [-0.25, -0.2) is 0 Å². The van der Waals surface area contributed by atoms with Gasteiger partial charge in [-0.15, -0.1) is 0 Å². The van der Waals surface area contributed by atoms with Crippen LogP contribution >= 0.6 is 15.8 Å². The summed E-state index contributed by atoms with van der Waals surface area (Å²) in [6.07, 6.45) is 5.41. The Morgan fingerprint density at radius 2 is 0.750 bits per heavy atom. The molecule has 1 aliphatic carbocycles. The molecule has 2 atom stereocenters. The highest BCUT2D eigenvalue weighted by atomic mass is 31.1. The summed E-state index contributed by atoms with van der Waals surface area (Å²) in [5.74, 6) is 2.00. The standard InChI is InChI=1S/C48H46O2P2/c1-32-16-5-9-24-40(32)51(41-25-10-6-17-33(41)2)44-28-13-20-36-30-38-22-15-23-39-31-37-21-14-29-45(47(37)50-48(38,39)49-46(36)44)52(42-26-11-7-18-34(42)3)43-27-12-8-19-35(43)4/h5-14,16-21,24-29,38-39H,15,22-23,30-31H2,1-4H3/t38-,39-,48?/m1/s1. The molecule has 0 radical (unpaired) electrons. The van der Waals surface area contributed by atoms with Crippen molar-refractivity contribution in [2.75, 3.05) is 0 Å². The van der Waals surface area contributed by atoms with Crippen molar-refractivity contribution in [2.45, 2.75) is 65.6 Å². The molecule has 2 aliphatic heterocycles. The fourth-order valence-electron chi connectivity index (χ4n) is 9.13. The fourth-order valence-corrected chi connectivity index (χ4v) is 14.6. The van der Waals surface area contributed by atoms with Gasteiger partial charge in [0.15, 0.2) is 0 Å². The van der Waals surface area contributed by atoms with Crippen LogP contribution in [0.1, 0.15) is 52.6 Å². The molecule has 0 bridgehead atoms. The first kappa shape index (κ1) is 33.6. The Balaban J connectivity index is 1.21. The van der Waals surface area contributed by atoms with Gasteiger partial charge in [0.05, 0.1) is 0 Å². The lowest BCUT2D eigenvalue weighted by Crippen LogP contribution is -2.62. The predicted octanol–water partition coefficient (Wildman–Crippen LogP) is 9.12. The lowest BCUT2D eigenvalue weighted by molar-refractivity contribution is -0.225. The van der Waals surface area contributed by atoms with Crippen LogP contribution in [0.5, 0.6) is 11.5 Å². The minimum Gasteiger partial charge on any atom is -0.451 e. The molecule has 260 valence electrons. The van der Waals surface area contributed by atoms with Crippen molar-refractivity contribution >= 4 is 47.7 Å². The molecule has 52 heavy (non-hydrogen) atoms. The predicted molar refractivity (Wildman–Crippen MR) is 221 cm³/mol. The van der Waals surface area contributed by atoms with Crippen LogP contribution in [0, 0.1) is 39.5 Å². The van der Waals surface area contributed by atoms with E-state index in [-0.39, 0.29) is 0 Å². The molecule has 0 saturated heterocycles. The Bertz CT molecular complexity index is 2040. The number of hydrogen-bond acceptors (Lipinski definition) is 2. The van der Waals surface area contributed by atoms with E-state index in [1.807, 2.05) is 0 Å². The molecule has 0 N–H and O–H groups in total. The van der Waals surface area contributed by atoms with Crippen molar-refractivity contribution in [1.82, 2.24) is 0 Å². The Morgan fingerprint density at radius 1 is 0.423 bits per heavy atom. The van der Waals surface area contributed by atoms with Crippen LogP contribution in [0.4, 0.5) is 0 Å². The van der Waals surface area contributed by atoms with Crippen molar-refractivity contribution in [3.8, 4) is 11.5 Å². The molecule has 2 nitrogen and oxygen atoms in total. The van der Waals surface area contributed by atoms with E-state index in [0.29, 0.717) is 11.8 Å². The maximum absolute atomic E-state index is 7.71. The average molecular weight is 717 g/mol. The first-order valence-electron chi connectivity index (χ1n) is 18.9. The van der Waals surface area contributed by atoms with Gasteiger partial charge in [-0.2, -0.15) is 0 Å². The van der Waals surface area contributed by atoms with Gasteiger partial charge in [0.25, 0.3) is 5.79 Å². The van der Waals surface area contributed by atoms with E-state index in [9.17, 15) is 0 Å². The summed E-state index contributed by atoms with van der Waals surface area (Å²) in [6, 6.07) is 49.6. The summed E-state index contributed by atoms with van der Waals surface area (Å²) >= 11 is 0. The summed E-state index contributed by atoms with van der Waals surface area (Å²) in [7, 11) is -1.74. The molecule has 6 aromatic carbocycles. The van der Waals surface area contributed by atoms with Crippen LogP contribution in [0.2, 0.25) is 0 Å². The smallest absolute Gasteiger partial charge is 0.257 e. The number of rotatable bonds is 6. The van der Waals surface area contributed by atoms with Crippen LogP contribution in [-0.4, -0.2) is 5.79 Å². The van der Waals surface area contributed by atoms with E-state index in [4.69, 9.17) is 9.47 Å². The molecule has 0 amide bonds. The summed E-state index contributed by atoms with van der Waals surface area (Å²) in [5.41, 5.74) is 7.95. The van der Waals surface area contributed by atoms with Gasteiger partial charge in [0, 0.05) is 22.4 Å². The SMILES string of the molecule is Cc1ccccc1P(c1ccccc1C)c1cccc2c1OC13Oc4c(cccc4P(c4ccccc4C)c4ccccc4C)C[C@H]1CCC[C@@H]3C2. The molecule has 6 aromatic rings. The first-order valence-corrected chi connectivity index (χ1v) is 21.6. The Hall–Kier alpha value is -4.22. The van der Waals surface area contributed by atoms with Crippen molar-refractivity contribution in [1.29, 1.82) is 0 Å². The molecule has 1 spiro atoms. The molecule has 0 unspecified atom stereocenters. The third kappa shape index (κ3) is 5.62. The molecule has 4 heteroatoms. The summed E-state index contributed by atoms with van der Waals surface area (Å²) in [4.78, 5) is 0. The maximum Gasteiger partial charge on any atom is 0.257 e. The fraction of sp³-hybridized carbons (Fsp3) is 0.250. The Kier molecular flexibility index (Phi) is 8.82. The van der Waals surface area contributed by atoms with E-state index in [1.165, 1.54) is 71.6 Å². The van der Waals surface area contributed by atoms with E-state index >= 15 is 0 Å². The van der Waals surface area contributed by atoms with Crippen LogP contribution in [0.15, 0.2) is 133 Å². The van der Waals surface area contributed by atoms with Crippen molar-refractivity contribution in [3.63, 3.8) is 0 Å². The maximum atomic E-state index is 7.71. The Morgan fingerprint density at radius 3 is 1.10 bits per heavy atom. The Labute approximate surface area is 311 Å². The quantitative estimate of drug-likeness (QED) is 0.160. The average Bonchev–Trinajstić information content (AvgIpc) is 3.16. The number of hydrogen-bond donors (Lipinski definition) is 0. The number of benzene rings is 6. The normalized spacial score (nSPS) is 20.3. The van der Waals surface area contributed by atoms with Crippen molar-refractivity contribution in [2.24, 2.45) is 11.8 Å². The van der Waals surface area contributed by atoms with E-state index in [2.05, 4.69) is 161 Å². The van der Waals surface area contributed by atoms with E-state index in [0.717, 1.165) is 37.2 Å². The molecule has 0 aromatic heterocycles. The topological polar surface area (TPSA) is 18.5 Å². The van der Waals surface area contributed by atoms with E-state index < -0.39 is 21.6 Å². The second kappa shape index (κ2) is 13.6. The number of fused-ring (bicyclic) bond motifs is 2.